The van der Waals surface area contributed by atoms with Crippen molar-refractivity contribution in [3.05, 3.63) is 59.5 Å². The van der Waals surface area contributed by atoms with Crippen LogP contribution in [0.3, 0.4) is 0 Å². The molecule has 0 radical (unpaired) electrons. The monoisotopic (exact) mass is 366 g/mol. The van der Waals surface area contributed by atoms with Gasteiger partial charge in [0.05, 0.1) is 19.4 Å². The second-order valence-corrected chi connectivity index (χ2v) is 6.66. The Labute approximate surface area is 155 Å². The summed E-state index contributed by atoms with van der Waals surface area (Å²) in [5.74, 6) is 0.694. The van der Waals surface area contributed by atoms with Crippen molar-refractivity contribution in [2.24, 2.45) is 4.99 Å². The van der Waals surface area contributed by atoms with E-state index >= 15 is 0 Å². The molecule has 7 heteroatoms. The number of carbonyl (C=O) groups excluding carboxylic acids is 1. The minimum atomic E-state index is -0.296. The van der Waals surface area contributed by atoms with Gasteiger partial charge in [0.25, 0.3) is 0 Å². The zero-order chi connectivity index (χ0) is 17.9. The van der Waals surface area contributed by atoms with E-state index in [1.807, 2.05) is 42.5 Å². The number of rotatable bonds is 4. The molecule has 0 unspecified atom stereocenters. The van der Waals surface area contributed by atoms with E-state index < -0.39 is 0 Å². The van der Waals surface area contributed by atoms with Crippen molar-refractivity contribution >= 4 is 40.0 Å². The van der Waals surface area contributed by atoms with Crippen LogP contribution in [0.25, 0.3) is 5.70 Å². The minimum Gasteiger partial charge on any atom is -0.497 e. The second kappa shape index (κ2) is 7.13. The standard InChI is InChI=1S/C19H18N4O2S/c1-25-16-4-2-3-15(11-16)22-18(24)21-14-7-5-13(6-8-14)17-12-26-19-20-9-10-23(17)19/h2-8,11-12H,9-10H2,1H3,(H2,21,22,24). The van der Waals surface area contributed by atoms with Crippen LogP contribution >= 0.6 is 11.8 Å². The Bertz CT molecular complexity index is 893. The van der Waals surface area contributed by atoms with Crippen LogP contribution in [0.15, 0.2) is 58.9 Å². The highest BCUT2D eigenvalue weighted by atomic mass is 32.2. The number of amidine groups is 1. The van der Waals surface area contributed by atoms with Gasteiger partial charge in [0.15, 0.2) is 5.17 Å². The third-order valence-electron chi connectivity index (χ3n) is 4.13. The predicted molar refractivity (Wildman–Crippen MR) is 107 cm³/mol. The van der Waals surface area contributed by atoms with Crippen LogP contribution in [0.1, 0.15) is 5.56 Å². The summed E-state index contributed by atoms with van der Waals surface area (Å²) in [5, 5.41) is 8.83. The maximum Gasteiger partial charge on any atom is 0.323 e. The lowest BCUT2D eigenvalue weighted by molar-refractivity contribution is 0.262. The molecule has 0 fully saturated rings. The Morgan fingerprint density at radius 1 is 1.15 bits per heavy atom. The van der Waals surface area contributed by atoms with Crippen molar-refractivity contribution in [3.8, 4) is 5.75 Å². The van der Waals surface area contributed by atoms with E-state index in [-0.39, 0.29) is 6.03 Å². The van der Waals surface area contributed by atoms with Gasteiger partial charge in [-0.25, -0.2) is 4.79 Å². The predicted octanol–water partition coefficient (Wildman–Crippen LogP) is 4.06. The van der Waals surface area contributed by atoms with Crippen LogP contribution in [-0.4, -0.2) is 36.3 Å². The highest BCUT2D eigenvalue weighted by molar-refractivity contribution is 8.16. The molecule has 132 valence electrons. The number of benzene rings is 2. The van der Waals surface area contributed by atoms with Crippen molar-refractivity contribution in [3.63, 3.8) is 0 Å². The van der Waals surface area contributed by atoms with Gasteiger partial charge in [-0.1, -0.05) is 30.0 Å². The number of hydrogen-bond donors (Lipinski definition) is 2. The van der Waals surface area contributed by atoms with Crippen LogP contribution in [0, 0.1) is 0 Å². The SMILES string of the molecule is COc1cccc(NC(=O)Nc2ccc(C3=CSC4=NCCN34)cc2)c1. The second-order valence-electron chi connectivity index (χ2n) is 5.83. The molecule has 2 aliphatic heterocycles. The van der Waals surface area contributed by atoms with Crippen LogP contribution in [0.4, 0.5) is 16.2 Å². The molecule has 0 bridgehead atoms. The average molecular weight is 366 g/mol. The molecule has 26 heavy (non-hydrogen) atoms. The molecule has 0 spiro atoms. The van der Waals surface area contributed by atoms with E-state index in [0.717, 1.165) is 29.5 Å². The number of nitrogens with one attached hydrogen (secondary N) is 2. The number of nitrogens with zero attached hydrogens (tertiary/aromatic N) is 2. The summed E-state index contributed by atoms with van der Waals surface area (Å²) in [6.07, 6.45) is 0. The molecule has 2 heterocycles. The number of amides is 2. The third-order valence-corrected chi connectivity index (χ3v) is 5.04. The van der Waals surface area contributed by atoms with Gasteiger partial charge in [-0.3, -0.25) is 4.99 Å². The summed E-state index contributed by atoms with van der Waals surface area (Å²) in [4.78, 5) is 18.9. The van der Waals surface area contributed by atoms with Gasteiger partial charge in [0.2, 0.25) is 0 Å². The van der Waals surface area contributed by atoms with E-state index in [1.54, 1.807) is 24.9 Å². The molecule has 0 atom stereocenters. The first-order valence-corrected chi connectivity index (χ1v) is 9.12. The van der Waals surface area contributed by atoms with Crippen molar-refractivity contribution in [1.82, 2.24) is 4.90 Å². The molecule has 0 aliphatic carbocycles. The van der Waals surface area contributed by atoms with E-state index in [9.17, 15) is 4.79 Å². The number of ether oxygens (including phenoxy) is 1. The number of fused-ring (bicyclic) bond motifs is 1. The van der Waals surface area contributed by atoms with Crippen LogP contribution in [-0.2, 0) is 0 Å². The van der Waals surface area contributed by atoms with E-state index in [2.05, 4.69) is 25.9 Å². The van der Waals surface area contributed by atoms with E-state index in [4.69, 9.17) is 4.74 Å². The fraction of sp³-hybridized carbons (Fsp3) is 0.158. The molecule has 6 nitrogen and oxygen atoms in total. The number of methoxy groups -OCH3 is 1. The largest absolute Gasteiger partial charge is 0.497 e. The van der Waals surface area contributed by atoms with Crippen LogP contribution in [0.2, 0.25) is 0 Å². The van der Waals surface area contributed by atoms with Gasteiger partial charge in [0.1, 0.15) is 5.75 Å². The Hall–Kier alpha value is -2.93. The average Bonchev–Trinajstić information content (AvgIpc) is 3.26. The third kappa shape index (κ3) is 3.39. The van der Waals surface area contributed by atoms with E-state index in [0.29, 0.717) is 11.4 Å². The number of aliphatic imine (C=N–C) groups is 1. The van der Waals surface area contributed by atoms with Crippen molar-refractivity contribution in [2.75, 3.05) is 30.8 Å². The first-order valence-electron chi connectivity index (χ1n) is 8.24. The molecule has 2 aliphatic rings. The van der Waals surface area contributed by atoms with Crippen LogP contribution in [0.5, 0.6) is 5.75 Å². The van der Waals surface area contributed by atoms with Crippen molar-refractivity contribution < 1.29 is 9.53 Å². The van der Waals surface area contributed by atoms with Gasteiger partial charge in [-0.05, 0) is 29.8 Å². The fourth-order valence-corrected chi connectivity index (χ4v) is 3.83. The fourth-order valence-electron chi connectivity index (χ4n) is 2.87. The van der Waals surface area contributed by atoms with Crippen molar-refractivity contribution in [1.29, 1.82) is 0 Å². The van der Waals surface area contributed by atoms with Gasteiger partial charge >= 0.3 is 6.03 Å². The number of thioether (sulfide) groups is 1. The first-order chi connectivity index (χ1) is 12.7. The molecule has 2 amide bonds. The molecule has 4 rings (SSSR count). The molecule has 0 saturated heterocycles. The topological polar surface area (TPSA) is 66.0 Å². The summed E-state index contributed by atoms with van der Waals surface area (Å²) >= 11 is 1.66. The van der Waals surface area contributed by atoms with Gasteiger partial charge in [-0.2, -0.15) is 0 Å². The molecular weight excluding hydrogens is 348 g/mol. The van der Waals surface area contributed by atoms with Gasteiger partial charge in [-0.15, -0.1) is 0 Å². The molecule has 0 saturated carbocycles. The summed E-state index contributed by atoms with van der Waals surface area (Å²) in [6.45, 7) is 1.78. The number of urea groups is 1. The molecule has 2 aromatic carbocycles. The van der Waals surface area contributed by atoms with Crippen LogP contribution < -0.4 is 15.4 Å². The van der Waals surface area contributed by atoms with E-state index in [1.165, 1.54) is 5.70 Å². The smallest absolute Gasteiger partial charge is 0.323 e. The lowest BCUT2D eigenvalue weighted by Gasteiger charge is -2.17. The number of carbonyl (C=O) groups is 1. The molecule has 0 aromatic heterocycles. The van der Waals surface area contributed by atoms with Gasteiger partial charge in [0, 0.05) is 29.4 Å². The lowest BCUT2D eigenvalue weighted by Crippen LogP contribution is -2.20. The quantitative estimate of drug-likeness (QED) is 0.856. The summed E-state index contributed by atoms with van der Waals surface area (Å²) < 4.78 is 5.16. The lowest BCUT2D eigenvalue weighted by atomic mass is 10.1. The Kier molecular flexibility index (Phi) is 4.53. The molecule has 2 aromatic rings. The maximum atomic E-state index is 12.2. The van der Waals surface area contributed by atoms with Crippen molar-refractivity contribution in [2.45, 2.75) is 0 Å². The number of hydrogen-bond acceptors (Lipinski definition) is 5. The summed E-state index contributed by atoms with van der Waals surface area (Å²) in [6, 6.07) is 14.8. The zero-order valence-electron chi connectivity index (χ0n) is 14.2. The Balaban J connectivity index is 1.39. The highest BCUT2D eigenvalue weighted by Crippen LogP contribution is 2.35. The maximum absolute atomic E-state index is 12.2. The first kappa shape index (κ1) is 16.5. The number of anilines is 2. The zero-order valence-corrected chi connectivity index (χ0v) is 15.0. The highest BCUT2D eigenvalue weighted by Gasteiger charge is 2.26. The molecule has 2 N–H and O–H groups in total. The molecular formula is C19H18N4O2S. The minimum absolute atomic E-state index is 0.296. The normalized spacial score (nSPS) is 15.2. The summed E-state index contributed by atoms with van der Waals surface area (Å²) in [7, 11) is 1.59. The Morgan fingerprint density at radius 3 is 2.77 bits per heavy atom. The van der Waals surface area contributed by atoms with Gasteiger partial charge < -0.3 is 20.3 Å². The summed E-state index contributed by atoms with van der Waals surface area (Å²) in [5.41, 5.74) is 3.69. The Morgan fingerprint density at radius 2 is 1.96 bits per heavy atom.